The number of amides is 2. The molecule has 0 aliphatic carbocycles. The smallest absolute Gasteiger partial charge is 0.433 e. The summed E-state index contributed by atoms with van der Waals surface area (Å²) in [5, 5.41) is 6.31. The first-order valence-electron chi connectivity index (χ1n) is 10.2. The van der Waals surface area contributed by atoms with Crippen LogP contribution in [0.4, 0.5) is 23.7 Å². The van der Waals surface area contributed by atoms with Crippen LogP contribution in [-0.2, 0) is 6.18 Å². The Hall–Kier alpha value is -3.82. The Morgan fingerprint density at radius 3 is 2.76 bits per heavy atom. The number of rotatable bonds is 4. The van der Waals surface area contributed by atoms with Crippen molar-refractivity contribution in [3.05, 3.63) is 71.9 Å². The number of benzene rings is 1. The number of halogens is 3. The third-order valence-electron chi connectivity index (χ3n) is 5.24. The lowest BCUT2D eigenvalue weighted by Crippen LogP contribution is -2.42. The van der Waals surface area contributed by atoms with Gasteiger partial charge in [0.2, 0.25) is 0 Å². The standard InChI is InChI=1S/C23H21F3N4O3/c1-15-13-30(22(31)29-18-11-28-32-14-18)8-7-17(15)9-16-3-2-4-19(10-16)33-20-5-6-21(27-12-20)23(24,25)26/h2-6,9-12,14-15H,7-8,13H2,1H3,(H,29,31). The Morgan fingerprint density at radius 1 is 1.24 bits per heavy atom. The number of hydrogen-bond acceptors (Lipinski definition) is 5. The van der Waals surface area contributed by atoms with Gasteiger partial charge >= 0.3 is 12.2 Å². The average Bonchev–Trinajstić information content (AvgIpc) is 3.28. The number of carbonyl (C=O) groups is 1. The molecule has 1 aromatic carbocycles. The van der Waals surface area contributed by atoms with Gasteiger partial charge in [0.15, 0.2) is 0 Å². The third-order valence-corrected chi connectivity index (χ3v) is 5.24. The molecule has 1 fully saturated rings. The second-order valence-corrected chi connectivity index (χ2v) is 7.71. The topological polar surface area (TPSA) is 80.5 Å². The molecule has 0 bridgehead atoms. The molecule has 33 heavy (non-hydrogen) atoms. The maximum absolute atomic E-state index is 12.7. The molecule has 0 radical (unpaired) electrons. The summed E-state index contributed by atoms with van der Waals surface area (Å²) in [6.07, 6.45) is 2.13. The summed E-state index contributed by atoms with van der Waals surface area (Å²) >= 11 is 0. The number of hydrogen-bond donors (Lipinski definition) is 1. The number of aromatic nitrogens is 2. The number of pyridine rings is 1. The first kappa shape index (κ1) is 22.4. The monoisotopic (exact) mass is 458 g/mol. The summed E-state index contributed by atoms with van der Waals surface area (Å²) in [6.45, 7) is 3.19. The van der Waals surface area contributed by atoms with E-state index in [1.807, 2.05) is 18.2 Å². The van der Waals surface area contributed by atoms with E-state index in [1.54, 1.807) is 11.0 Å². The number of ether oxygens (including phenoxy) is 1. The number of piperidine rings is 1. The normalized spacial score (nSPS) is 17.8. The summed E-state index contributed by atoms with van der Waals surface area (Å²) in [5.74, 6) is 0.855. The first-order valence-corrected chi connectivity index (χ1v) is 10.2. The Kier molecular flexibility index (Phi) is 6.34. The van der Waals surface area contributed by atoms with Crippen LogP contribution in [0.25, 0.3) is 6.08 Å². The van der Waals surface area contributed by atoms with E-state index in [0.29, 0.717) is 30.9 Å². The van der Waals surface area contributed by atoms with Gasteiger partial charge in [-0.05, 0) is 42.2 Å². The van der Waals surface area contributed by atoms with Crippen molar-refractivity contribution < 1.29 is 27.2 Å². The fourth-order valence-electron chi connectivity index (χ4n) is 3.54. The van der Waals surface area contributed by atoms with Crippen LogP contribution in [-0.4, -0.2) is 34.2 Å². The maximum Gasteiger partial charge on any atom is 0.433 e. The van der Waals surface area contributed by atoms with Crippen LogP contribution in [0.3, 0.4) is 0 Å². The molecule has 0 saturated carbocycles. The van der Waals surface area contributed by atoms with Gasteiger partial charge in [-0.15, -0.1) is 0 Å². The van der Waals surface area contributed by atoms with Crippen LogP contribution in [0.15, 0.2) is 65.2 Å². The summed E-state index contributed by atoms with van der Waals surface area (Å²) in [5.41, 5.74) is 1.63. The van der Waals surface area contributed by atoms with Gasteiger partial charge in [0, 0.05) is 13.1 Å². The Morgan fingerprint density at radius 2 is 2.09 bits per heavy atom. The predicted octanol–water partition coefficient (Wildman–Crippen LogP) is 5.84. The predicted molar refractivity (Wildman–Crippen MR) is 115 cm³/mol. The number of urea groups is 1. The minimum atomic E-state index is -4.49. The molecular weight excluding hydrogens is 437 g/mol. The number of alkyl halides is 3. The minimum absolute atomic E-state index is 0.149. The number of likely N-dealkylation sites (tertiary alicyclic amines) is 1. The molecule has 3 heterocycles. The van der Waals surface area contributed by atoms with Crippen LogP contribution in [0.5, 0.6) is 11.5 Å². The van der Waals surface area contributed by atoms with Crippen molar-refractivity contribution in [1.29, 1.82) is 0 Å². The molecule has 1 atom stereocenters. The summed E-state index contributed by atoms with van der Waals surface area (Å²) in [7, 11) is 0. The van der Waals surface area contributed by atoms with E-state index in [1.165, 1.54) is 24.1 Å². The quantitative estimate of drug-likeness (QED) is 0.531. The van der Waals surface area contributed by atoms with E-state index < -0.39 is 11.9 Å². The highest BCUT2D eigenvalue weighted by atomic mass is 19.4. The van der Waals surface area contributed by atoms with Gasteiger partial charge in [-0.1, -0.05) is 35.9 Å². The van der Waals surface area contributed by atoms with Crippen LogP contribution in [0.2, 0.25) is 0 Å². The molecule has 172 valence electrons. The lowest BCUT2D eigenvalue weighted by atomic mass is 9.91. The summed E-state index contributed by atoms with van der Waals surface area (Å²) in [4.78, 5) is 17.6. The zero-order chi connectivity index (χ0) is 23.4. The molecule has 3 aromatic rings. The van der Waals surface area contributed by atoms with Gasteiger partial charge in [-0.3, -0.25) is 0 Å². The Bertz CT molecular complexity index is 1130. The molecule has 1 aliphatic rings. The van der Waals surface area contributed by atoms with Gasteiger partial charge < -0.3 is 19.5 Å². The van der Waals surface area contributed by atoms with Crippen LogP contribution >= 0.6 is 0 Å². The first-order chi connectivity index (χ1) is 15.8. The number of anilines is 1. The SMILES string of the molecule is CC1CN(C(=O)Nc2cnoc2)CCC1=Cc1cccc(Oc2ccc(C(F)(F)F)nc2)c1. The molecule has 2 amide bonds. The van der Waals surface area contributed by atoms with E-state index in [4.69, 9.17) is 9.26 Å². The van der Waals surface area contributed by atoms with Crippen molar-refractivity contribution in [3.63, 3.8) is 0 Å². The van der Waals surface area contributed by atoms with E-state index in [0.717, 1.165) is 17.8 Å². The van der Waals surface area contributed by atoms with Gasteiger partial charge in [0.25, 0.3) is 0 Å². The van der Waals surface area contributed by atoms with Crippen molar-refractivity contribution in [1.82, 2.24) is 15.0 Å². The van der Waals surface area contributed by atoms with E-state index >= 15 is 0 Å². The van der Waals surface area contributed by atoms with Gasteiger partial charge in [-0.2, -0.15) is 13.2 Å². The molecule has 1 aliphatic heterocycles. The molecule has 2 aromatic heterocycles. The molecule has 1 N–H and O–H groups in total. The van der Waals surface area contributed by atoms with Crippen molar-refractivity contribution in [2.45, 2.75) is 19.5 Å². The van der Waals surface area contributed by atoms with E-state index in [-0.39, 0.29) is 17.7 Å². The van der Waals surface area contributed by atoms with Crippen LogP contribution < -0.4 is 10.1 Å². The summed E-state index contributed by atoms with van der Waals surface area (Å²) in [6, 6.07) is 9.18. The number of nitrogens with one attached hydrogen (secondary N) is 1. The highest BCUT2D eigenvalue weighted by Crippen LogP contribution is 2.30. The fraction of sp³-hybridized carbons (Fsp3) is 0.261. The van der Waals surface area contributed by atoms with Crippen LogP contribution in [0, 0.1) is 5.92 Å². The Labute approximate surface area is 187 Å². The van der Waals surface area contributed by atoms with Crippen molar-refractivity contribution in [2.75, 3.05) is 18.4 Å². The summed E-state index contributed by atoms with van der Waals surface area (Å²) < 4.78 is 48.4. The van der Waals surface area contributed by atoms with Gasteiger partial charge in [0.1, 0.15) is 29.1 Å². The molecule has 1 unspecified atom stereocenters. The Balaban J connectivity index is 1.39. The largest absolute Gasteiger partial charge is 0.456 e. The molecule has 4 rings (SSSR count). The second-order valence-electron chi connectivity index (χ2n) is 7.71. The minimum Gasteiger partial charge on any atom is -0.456 e. The van der Waals surface area contributed by atoms with E-state index in [9.17, 15) is 18.0 Å². The highest BCUT2D eigenvalue weighted by molar-refractivity contribution is 5.89. The number of carbonyl (C=O) groups excluding carboxylic acids is 1. The molecule has 10 heteroatoms. The fourth-order valence-corrected chi connectivity index (χ4v) is 3.54. The lowest BCUT2D eigenvalue weighted by molar-refractivity contribution is -0.141. The zero-order valence-corrected chi connectivity index (χ0v) is 17.7. The lowest BCUT2D eigenvalue weighted by Gasteiger charge is -2.33. The van der Waals surface area contributed by atoms with Crippen LogP contribution in [0.1, 0.15) is 24.6 Å². The van der Waals surface area contributed by atoms with Gasteiger partial charge in [-0.25, -0.2) is 9.78 Å². The molecule has 7 nitrogen and oxygen atoms in total. The molecular formula is C23H21F3N4O3. The van der Waals surface area contributed by atoms with Crippen molar-refractivity contribution in [3.8, 4) is 11.5 Å². The molecule has 1 saturated heterocycles. The molecule has 0 spiro atoms. The number of nitrogens with zero attached hydrogens (tertiary/aromatic N) is 3. The van der Waals surface area contributed by atoms with E-state index in [2.05, 4.69) is 28.5 Å². The maximum atomic E-state index is 12.7. The van der Waals surface area contributed by atoms with Crippen molar-refractivity contribution in [2.24, 2.45) is 5.92 Å². The average molecular weight is 458 g/mol. The highest BCUT2D eigenvalue weighted by Gasteiger charge is 2.32. The third kappa shape index (κ3) is 5.71. The second kappa shape index (κ2) is 9.35. The zero-order valence-electron chi connectivity index (χ0n) is 17.7. The van der Waals surface area contributed by atoms with Crippen molar-refractivity contribution >= 4 is 17.8 Å². The van der Waals surface area contributed by atoms with Gasteiger partial charge in [0.05, 0.1) is 12.4 Å².